The normalized spacial score (nSPS) is 18.2. The van der Waals surface area contributed by atoms with Crippen molar-refractivity contribution < 1.29 is 4.74 Å². The number of hydrogen-bond acceptors (Lipinski definition) is 6. The van der Waals surface area contributed by atoms with Crippen molar-refractivity contribution in [2.45, 2.75) is 23.2 Å². The molecule has 122 valence electrons. The van der Waals surface area contributed by atoms with Crippen molar-refractivity contribution in [2.75, 3.05) is 36.5 Å². The van der Waals surface area contributed by atoms with Gasteiger partial charge in [-0.25, -0.2) is 9.97 Å². The molecule has 2 N–H and O–H groups in total. The molecule has 0 unspecified atom stereocenters. The Bertz CT molecular complexity index is 680. The minimum Gasteiger partial charge on any atom is -0.378 e. The lowest BCUT2D eigenvalue weighted by Gasteiger charge is -2.29. The van der Waals surface area contributed by atoms with Gasteiger partial charge in [0.1, 0.15) is 5.82 Å². The van der Waals surface area contributed by atoms with E-state index in [1.807, 2.05) is 6.20 Å². The molecule has 2 aromatic heterocycles. The zero-order chi connectivity index (χ0) is 15.6. The molecule has 0 bridgehead atoms. The third kappa shape index (κ3) is 3.42. The number of morpholine rings is 1. The summed E-state index contributed by atoms with van der Waals surface area (Å²) in [6.45, 7) is 3.19. The summed E-state index contributed by atoms with van der Waals surface area (Å²) >= 11 is 2.28. The zero-order valence-corrected chi connectivity index (χ0v) is 14.9. The fraction of sp³-hybridized carbons (Fsp3) is 0.533. The highest BCUT2D eigenvalue weighted by Gasteiger charge is 2.26. The zero-order valence-electron chi connectivity index (χ0n) is 12.8. The summed E-state index contributed by atoms with van der Waals surface area (Å²) < 4.78 is 6.22. The van der Waals surface area contributed by atoms with E-state index in [1.54, 1.807) is 0 Å². The minimum absolute atomic E-state index is 0.659. The third-order valence-corrected chi connectivity index (χ3v) is 4.83. The van der Waals surface area contributed by atoms with Gasteiger partial charge in [0, 0.05) is 30.8 Å². The maximum atomic E-state index is 5.44. The summed E-state index contributed by atoms with van der Waals surface area (Å²) in [6.07, 6.45) is 4.42. The molecule has 4 rings (SSSR count). The van der Waals surface area contributed by atoms with Crippen LogP contribution in [-0.4, -0.2) is 46.5 Å². The van der Waals surface area contributed by atoms with Gasteiger partial charge in [-0.15, -0.1) is 0 Å². The predicted molar refractivity (Wildman–Crippen MR) is 96.6 cm³/mol. The van der Waals surface area contributed by atoms with Gasteiger partial charge in [0.05, 0.1) is 29.5 Å². The highest BCUT2D eigenvalue weighted by Crippen LogP contribution is 2.40. The number of rotatable bonds is 5. The Morgan fingerprint density at radius 1 is 1.35 bits per heavy atom. The highest BCUT2D eigenvalue weighted by atomic mass is 127. The molecule has 0 radical (unpaired) electrons. The number of halogens is 1. The molecule has 23 heavy (non-hydrogen) atoms. The Labute approximate surface area is 148 Å². The first-order valence-electron chi connectivity index (χ1n) is 7.90. The standard InChI is InChI=1S/C15H19IN6O/c16-8-14-17-9-12(22-3-5-23-6-4-22)15(19-14)18-13-7-11(20-21-13)10-1-2-10/h7,9-10H,1-6,8H2,(H2,17,18,19,20,21). The van der Waals surface area contributed by atoms with E-state index in [-0.39, 0.29) is 0 Å². The van der Waals surface area contributed by atoms with E-state index in [2.05, 4.69) is 59.0 Å². The van der Waals surface area contributed by atoms with Crippen LogP contribution in [0.3, 0.4) is 0 Å². The van der Waals surface area contributed by atoms with Crippen LogP contribution in [0.1, 0.15) is 30.3 Å². The molecule has 3 heterocycles. The largest absolute Gasteiger partial charge is 0.378 e. The molecule has 2 fully saturated rings. The van der Waals surface area contributed by atoms with Crippen molar-refractivity contribution in [1.29, 1.82) is 0 Å². The highest BCUT2D eigenvalue weighted by molar-refractivity contribution is 14.1. The number of nitrogens with zero attached hydrogens (tertiary/aromatic N) is 4. The van der Waals surface area contributed by atoms with Crippen molar-refractivity contribution in [3.63, 3.8) is 0 Å². The molecule has 2 aliphatic rings. The SMILES string of the molecule is ICc1ncc(N2CCOCC2)c(Nc2cc(C3CC3)[nH]n2)n1. The number of ether oxygens (including phenoxy) is 1. The molecular formula is C15H19IN6O. The number of alkyl halides is 1. The molecule has 1 aliphatic heterocycles. The van der Waals surface area contributed by atoms with E-state index in [9.17, 15) is 0 Å². The van der Waals surface area contributed by atoms with E-state index in [1.165, 1.54) is 18.5 Å². The van der Waals surface area contributed by atoms with Crippen LogP contribution in [0.25, 0.3) is 0 Å². The van der Waals surface area contributed by atoms with E-state index in [0.29, 0.717) is 5.92 Å². The van der Waals surface area contributed by atoms with Gasteiger partial charge < -0.3 is 15.0 Å². The van der Waals surface area contributed by atoms with Gasteiger partial charge in [0.15, 0.2) is 11.6 Å². The van der Waals surface area contributed by atoms with Crippen LogP contribution in [0.4, 0.5) is 17.3 Å². The van der Waals surface area contributed by atoms with Crippen molar-refractivity contribution in [2.24, 2.45) is 0 Å². The molecule has 1 saturated carbocycles. The molecule has 0 atom stereocenters. The first-order chi connectivity index (χ1) is 11.3. The molecule has 7 nitrogen and oxygen atoms in total. The number of anilines is 3. The van der Waals surface area contributed by atoms with Crippen molar-refractivity contribution in [1.82, 2.24) is 20.2 Å². The molecule has 8 heteroatoms. The number of hydrogen-bond donors (Lipinski definition) is 2. The quantitative estimate of drug-likeness (QED) is 0.566. The summed E-state index contributed by atoms with van der Waals surface area (Å²) in [5, 5.41) is 10.9. The van der Waals surface area contributed by atoms with Gasteiger partial charge in [-0.1, -0.05) is 22.6 Å². The average molecular weight is 426 g/mol. The van der Waals surface area contributed by atoms with Gasteiger partial charge >= 0.3 is 0 Å². The van der Waals surface area contributed by atoms with Crippen LogP contribution >= 0.6 is 22.6 Å². The van der Waals surface area contributed by atoms with Crippen molar-refractivity contribution >= 4 is 39.9 Å². The lowest BCUT2D eigenvalue weighted by atomic mass is 10.3. The molecule has 0 spiro atoms. The Balaban J connectivity index is 1.60. The second-order valence-corrected chi connectivity index (χ2v) is 6.62. The summed E-state index contributed by atoms with van der Waals surface area (Å²) in [5.74, 6) is 3.12. The Hall–Kier alpha value is -1.42. The van der Waals surface area contributed by atoms with E-state index in [4.69, 9.17) is 4.74 Å². The van der Waals surface area contributed by atoms with Crippen molar-refractivity contribution in [3.8, 4) is 0 Å². The molecular weight excluding hydrogens is 407 g/mol. The monoisotopic (exact) mass is 426 g/mol. The van der Waals surface area contributed by atoms with Crippen LogP contribution in [0.15, 0.2) is 12.3 Å². The maximum absolute atomic E-state index is 5.44. The van der Waals surface area contributed by atoms with Crippen LogP contribution in [0.2, 0.25) is 0 Å². The molecule has 2 aromatic rings. The van der Waals surface area contributed by atoms with Crippen LogP contribution < -0.4 is 10.2 Å². The van der Waals surface area contributed by atoms with Crippen LogP contribution in [0.5, 0.6) is 0 Å². The fourth-order valence-electron chi connectivity index (χ4n) is 2.73. The number of aromatic nitrogens is 4. The summed E-state index contributed by atoms with van der Waals surface area (Å²) in [5.41, 5.74) is 2.22. The molecule has 0 amide bonds. The Kier molecular flexibility index (Phi) is 4.34. The third-order valence-electron chi connectivity index (χ3n) is 4.15. The summed E-state index contributed by atoms with van der Waals surface area (Å²) in [6, 6.07) is 2.09. The smallest absolute Gasteiger partial charge is 0.159 e. The van der Waals surface area contributed by atoms with E-state index in [0.717, 1.165) is 53.9 Å². The van der Waals surface area contributed by atoms with Crippen LogP contribution in [0, 0.1) is 0 Å². The van der Waals surface area contributed by atoms with Gasteiger partial charge in [-0.3, -0.25) is 5.10 Å². The minimum atomic E-state index is 0.659. The number of H-pyrrole nitrogens is 1. The van der Waals surface area contributed by atoms with Crippen LogP contribution in [-0.2, 0) is 9.16 Å². The van der Waals surface area contributed by atoms with Gasteiger partial charge in [-0.05, 0) is 12.8 Å². The Morgan fingerprint density at radius 2 is 2.17 bits per heavy atom. The first-order valence-corrected chi connectivity index (χ1v) is 9.43. The van der Waals surface area contributed by atoms with Gasteiger partial charge in [-0.2, -0.15) is 5.10 Å². The number of nitrogens with one attached hydrogen (secondary N) is 2. The number of aromatic amines is 1. The average Bonchev–Trinajstić information content (AvgIpc) is 3.35. The Morgan fingerprint density at radius 3 is 2.91 bits per heavy atom. The summed E-state index contributed by atoms with van der Waals surface area (Å²) in [4.78, 5) is 11.4. The molecule has 1 saturated heterocycles. The summed E-state index contributed by atoms with van der Waals surface area (Å²) in [7, 11) is 0. The first kappa shape index (κ1) is 15.1. The van der Waals surface area contributed by atoms with E-state index >= 15 is 0 Å². The molecule has 0 aromatic carbocycles. The van der Waals surface area contributed by atoms with Gasteiger partial charge in [0.25, 0.3) is 0 Å². The fourth-order valence-corrected chi connectivity index (χ4v) is 3.10. The van der Waals surface area contributed by atoms with Gasteiger partial charge in [0.2, 0.25) is 0 Å². The lowest BCUT2D eigenvalue weighted by molar-refractivity contribution is 0.122. The maximum Gasteiger partial charge on any atom is 0.159 e. The van der Waals surface area contributed by atoms with Crippen molar-refractivity contribution in [3.05, 3.63) is 23.8 Å². The topological polar surface area (TPSA) is 79.0 Å². The second-order valence-electron chi connectivity index (χ2n) is 5.86. The molecule has 1 aliphatic carbocycles. The second kappa shape index (κ2) is 6.60. The predicted octanol–water partition coefficient (Wildman–Crippen LogP) is 2.59. The lowest BCUT2D eigenvalue weighted by Crippen LogP contribution is -2.36. The van der Waals surface area contributed by atoms with E-state index < -0.39 is 0 Å².